The van der Waals surface area contributed by atoms with Crippen molar-refractivity contribution in [2.75, 3.05) is 6.61 Å². The smallest absolute Gasteiger partial charge is 0.421 e. The number of carbonyl (C=O) groups excluding carboxylic acids is 1. The number of sulfonamides is 1. The number of fused-ring (bicyclic) bond motifs is 5. The van der Waals surface area contributed by atoms with Crippen LogP contribution in [0.1, 0.15) is 99.8 Å². The molecule has 4 aliphatic rings. The first kappa shape index (κ1) is 32.5. The largest absolute Gasteiger partial charge is 0.487 e. The third-order valence-electron chi connectivity index (χ3n) is 12.3. The van der Waals surface area contributed by atoms with Gasteiger partial charge in [-0.3, -0.25) is 0 Å². The highest BCUT2D eigenvalue weighted by atomic mass is 32.2. The molecule has 10 heteroatoms. The molecule has 1 aromatic rings. The first-order valence-electron chi connectivity index (χ1n) is 16.1. The van der Waals surface area contributed by atoms with E-state index in [1.165, 1.54) is 18.3 Å². The van der Waals surface area contributed by atoms with Gasteiger partial charge in [0.2, 0.25) is 0 Å². The Morgan fingerprint density at radius 1 is 1.07 bits per heavy atom. The molecule has 1 amide bonds. The van der Waals surface area contributed by atoms with Crippen molar-refractivity contribution >= 4 is 16.1 Å². The van der Waals surface area contributed by atoms with Gasteiger partial charge in [0.05, 0.1) is 25.0 Å². The molecular weight excluding hydrogens is 568 g/mol. The van der Waals surface area contributed by atoms with Crippen LogP contribution in [0.4, 0.5) is 4.79 Å². The van der Waals surface area contributed by atoms with Crippen molar-refractivity contribution in [2.24, 2.45) is 45.8 Å². The third kappa shape index (κ3) is 5.81. The topological polar surface area (TPSA) is 135 Å². The van der Waals surface area contributed by atoms with Crippen LogP contribution in [0.2, 0.25) is 0 Å². The number of nitrogens with one attached hydrogen (secondary N) is 1. The summed E-state index contributed by atoms with van der Waals surface area (Å²) in [6.45, 7) is 15.0. The maximum atomic E-state index is 12.8. The summed E-state index contributed by atoms with van der Waals surface area (Å²) < 4.78 is 38.7. The fourth-order valence-electron chi connectivity index (χ4n) is 10.1. The fraction of sp³-hybridized carbons (Fsp3) is 0.818. The zero-order chi connectivity index (χ0) is 31.6. The van der Waals surface area contributed by atoms with Gasteiger partial charge in [0.1, 0.15) is 11.4 Å². The molecule has 242 valence electrons. The molecule has 0 bridgehead atoms. The number of nitrogens with zero attached hydrogens (tertiary/aromatic N) is 1. The summed E-state index contributed by atoms with van der Waals surface area (Å²) in [7, 11) is -4.20. The van der Waals surface area contributed by atoms with Crippen molar-refractivity contribution < 1.29 is 32.9 Å². The van der Waals surface area contributed by atoms with Crippen molar-refractivity contribution in [3.63, 3.8) is 0 Å². The molecule has 4 saturated carbocycles. The quantitative estimate of drug-likeness (QED) is 0.369. The molecule has 3 N–H and O–H groups in total. The van der Waals surface area contributed by atoms with Crippen molar-refractivity contribution in [1.29, 1.82) is 0 Å². The lowest BCUT2D eigenvalue weighted by Gasteiger charge is -2.66. The second-order valence-electron chi connectivity index (χ2n) is 15.8. The number of carbonyl (C=O) groups is 1. The molecule has 0 radical (unpaired) electrons. The van der Waals surface area contributed by atoms with E-state index in [0.717, 1.165) is 51.4 Å². The van der Waals surface area contributed by atoms with Crippen LogP contribution in [0.25, 0.3) is 0 Å². The number of aromatic nitrogens is 1. The molecule has 10 atom stereocenters. The number of aliphatic hydroxyl groups is 2. The molecule has 1 aromatic heterocycles. The number of hydrogen-bond acceptors (Lipinski definition) is 8. The number of pyridine rings is 1. The second kappa shape index (κ2) is 11.2. The van der Waals surface area contributed by atoms with E-state index < -0.39 is 21.7 Å². The van der Waals surface area contributed by atoms with Gasteiger partial charge in [-0.05, 0) is 130 Å². The van der Waals surface area contributed by atoms with Crippen molar-refractivity contribution in [1.82, 2.24) is 9.71 Å². The van der Waals surface area contributed by atoms with Gasteiger partial charge < -0.3 is 19.7 Å². The Morgan fingerprint density at radius 2 is 1.77 bits per heavy atom. The lowest BCUT2D eigenvalue weighted by Crippen LogP contribution is -2.62. The highest BCUT2D eigenvalue weighted by Gasteiger charge is 2.68. The minimum absolute atomic E-state index is 0.0256. The third-order valence-corrected chi connectivity index (χ3v) is 13.6. The predicted octanol–water partition coefficient (Wildman–Crippen LogP) is 5.69. The molecule has 1 heterocycles. The van der Waals surface area contributed by atoms with Crippen molar-refractivity contribution in [3.8, 4) is 5.75 Å². The molecule has 9 nitrogen and oxygen atoms in total. The maximum Gasteiger partial charge on any atom is 0.421 e. The summed E-state index contributed by atoms with van der Waals surface area (Å²) in [5, 5.41) is 21.7. The Kier molecular flexibility index (Phi) is 8.43. The molecule has 4 aliphatic carbocycles. The normalized spacial score (nSPS) is 40.0. The van der Waals surface area contributed by atoms with Gasteiger partial charge in [-0.2, -0.15) is 8.42 Å². The molecule has 0 unspecified atom stereocenters. The van der Waals surface area contributed by atoms with E-state index in [-0.39, 0.29) is 57.8 Å². The summed E-state index contributed by atoms with van der Waals surface area (Å²) in [6, 6.07) is 2.81. The Bertz CT molecular complexity index is 1300. The standard InChI is InChI=1S/C33H52N2O7S/c1-20(19-41-29(38)35-43(39,40)27-9-8-23(18-34-27)42-30(2,3)4)24-11-15-33(7)28-25(12-14-32(24,33)6)31(5)13-10-22(36)16-21(31)17-26(28)37/h8-9,18,20-22,24-26,28,36-37H,10-17,19H2,1-7H3,(H,35,38)/t20-,21+,22-,24-,25+,26-,28+,31+,32-,33+/m1/s1. The van der Waals surface area contributed by atoms with E-state index in [0.29, 0.717) is 17.6 Å². The van der Waals surface area contributed by atoms with E-state index in [4.69, 9.17) is 9.47 Å². The summed E-state index contributed by atoms with van der Waals surface area (Å²) in [5.41, 5.74) is -0.374. The van der Waals surface area contributed by atoms with Crippen LogP contribution in [-0.2, 0) is 14.8 Å². The zero-order valence-electron chi connectivity index (χ0n) is 26.9. The van der Waals surface area contributed by atoms with Crippen LogP contribution in [0, 0.1) is 45.8 Å². The molecule has 0 saturated heterocycles. The van der Waals surface area contributed by atoms with Crippen LogP contribution >= 0.6 is 0 Å². The van der Waals surface area contributed by atoms with Gasteiger partial charge in [0, 0.05) is 0 Å². The Labute approximate surface area is 257 Å². The molecule has 43 heavy (non-hydrogen) atoms. The molecule has 0 spiro atoms. The van der Waals surface area contributed by atoms with Crippen LogP contribution in [0.15, 0.2) is 23.4 Å². The lowest BCUT2D eigenvalue weighted by molar-refractivity contribution is -0.207. The summed E-state index contributed by atoms with van der Waals surface area (Å²) >= 11 is 0. The number of hydrogen-bond donors (Lipinski definition) is 3. The van der Waals surface area contributed by atoms with Gasteiger partial charge >= 0.3 is 6.09 Å². The average molecular weight is 621 g/mol. The first-order chi connectivity index (χ1) is 19.9. The predicted molar refractivity (Wildman–Crippen MR) is 163 cm³/mol. The van der Waals surface area contributed by atoms with E-state index in [1.807, 2.05) is 25.5 Å². The van der Waals surface area contributed by atoms with Gasteiger partial charge in [0.15, 0.2) is 5.03 Å². The minimum atomic E-state index is -4.20. The van der Waals surface area contributed by atoms with Crippen LogP contribution in [-0.4, -0.2) is 54.1 Å². The SMILES string of the molecule is C[C@H](COC(=O)NS(=O)(=O)c1ccc(OC(C)(C)C)cn1)[C@H]1CC[C@@]2(C)[C@@H]3[C@H](O)C[C@@H]4C[C@H](O)CC[C@]4(C)[C@H]3CC[C@]12C. The molecular formula is C33H52N2O7S. The molecule has 4 fully saturated rings. The average Bonchev–Trinajstić information content (AvgIpc) is 3.18. The highest BCUT2D eigenvalue weighted by Crippen LogP contribution is 2.73. The van der Waals surface area contributed by atoms with E-state index in [9.17, 15) is 23.4 Å². The number of aliphatic hydroxyl groups excluding tert-OH is 2. The number of rotatable bonds is 6. The number of amides is 1. The minimum Gasteiger partial charge on any atom is -0.487 e. The van der Waals surface area contributed by atoms with Gasteiger partial charge in [-0.15, -0.1) is 0 Å². The maximum absolute atomic E-state index is 12.8. The van der Waals surface area contributed by atoms with E-state index >= 15 is 0 Å². The summed E-state index contributed by atoms with van der Waals surface area (Å²) in [5.74, 6) is 1.76. The molecule has 5 rings (SSSR count). The monoisotopic (exact) mass is 620 g/mol. The first-order valence-corrected chi connectivity index (χ1v) is 17.6. The fourth-order valence-corrected chi connectivity index (χ4v) is 10.9. The molecule has 0 aliphatic heterocycles. The van der Waals surface area contributed by atoms with Crippen molar-refractivity contribution in [2.45, 2.75) is 123 Å². The van der Waals surface area contributed by atoms with Gasteiger partial charge in [-0.1, -0.05) is 27.7 Å². The van der Waals surface area contributed by atoms with Gasteiger partial charge in [0.25, 0.3) is 10.0 Å². The Hall–Kier alpha value is -1.91. The van der Waals surface area contributed by atoms with Crippen molar-refractivity contribution in [3.05, 3.63) is 18.3 Å². The molecule has 0 aromatic carbocycles. The lowest BCUT2D eigenvalue weighted by atomic mass is 9.39. The van der Waals surface area contributed by atoms with Crippen LogP contribution in [0.3, 0.4) is 0 Å². The van der Waals surface area contributed by atoms with Gasteiger partial charge in [-0.25, -0.2) is 14.5 Å². The van der Waals surface area contributed by atoms with E-state index in [1.54, 1.807) is 0 Å². The summed E-state index contributed by atoms with van der Waals surface area (Å²) in [6.07, 6.45) is 7.23. The highest BCUT2D eigenvalue weighted by molar-refractivity contribution is 7.90. The Morgan fingerprint density at radius 3 is 2.42 bits per heavy atom. The van der Waals surface area contributed by atoms with Crippen LogP contribution < -0.4 is 9.46 Å². The van der Waals surface area contributed by atoms with Crippen LogP contribution in [0.5, 0.6) is 5.75 Å². The number of ether oxygens (including phenoxy) is 2. The zero-order valence-corrected chi connectivity index (χ0v) is 27.7. The van der Waals surface area contributed by atoms with E-state index in [2.05, 4.69) is 32.7 Å². The summed E-state index contributed by atoms with van der Waals surface area (Å²) in [4.78, 5) is 16.6. The second-order valence-corrected chi connectivity index (χ2v) is 17.4. The Balaban J connectivity index is 1.22.